The minimum Gasteiger partial charge on any atom is -0.445 e. The van der Waals surface area contributed by atoms with Crippen molar-refractivity contribution in [1.82, 2.24) is 5.32 Å². The first-order chi connectivity index (χ1) is 21.5. The Kier molecular flexibility index (Phi) is 13.3. The Morgan fingerprint density at radius 2 is 1.40 bits per heavy atom. The molecular weight excluding hydrogens is 586 g/mol. The van der Waals surface area contributed by atoms with E-state index in [4.69, 9.17) is 18.6 Å². The number of carbonyl (C=O) groups excluding carboxylic acids is 3. The number of esters is 2. The molecule has 0 aliphatic rings. The fourth-order valence-corrected chi connectivity index (χ4v) is 9.72. The number of alkyl carbamates (subject to hydrolysis) is 1. The fourth-order valence-electron chi connectivity index (χ4n) is 5.15. The van der Waals surface area contributed by atoms with Crippen LogP contribution in [0, 0.1) is 5.92 Å². The van der Waals surface area contributed by atoms with Crippen molar-refractivity contribution < 1.29 is 33.0 Å². The van der Waals surface area contributed by atoms with Gasteiger partial charge in [-0.2, -0.15) is 0 Å². The molecule has 3 aromatic rings. The summed E-state index contributed by atoms with van der Waals surface area (Å²) in [6.45, 7) is 13.8. The lowest BCUT2D eigenvalue weighted by Gasteiger charge is -2.44. The molecule has 0 saturated heterocycles. The van der Waals surface area contributed by atoms with Gasteiger partial charge < -0.3 is 24.0 Å². The molecule has 8 nitrogen and oxygen atoms in total. The van der Waals surface area contributed by atoms with Crippen LogP contribution in [-0.2, 0) is 34.8 Å². The summed E-state index contributed by atoms with van der Waals surface area (Å²) in [6.07, 6.45) is -0.341. The van der Waals surface area contributed by atoms with E-state index in [-0.39, 0.29) is 37.2 Å². The van der Waals surface area contributed by atoms with Crippen molar-refractivity contribution in [3.8, 4) is 0 Å². The van der Waals surface area contributed by atoms with E-state index in [1.807, 2.05) is 80.6 Å². The molecule has 0 aromatic heterocycles. The van der Waals surface area contributed by atoms with Crippen LogP contribution in [0.25, 0.3) is 0 Å². The third kappa shape index (κ3) is 9.97. The number of carbonyl (C=O) groups is 3. The zero-order valence-corrected chi connectivity index (χ0v) is 27.9. The van der Waals surface area contributed by atoms with Gasteiger partial charge in [-0.15, -0.1) is 6.58 Å². The summed E-state index contributed by atoms with van der Waals surface area (Å²) in [4.78, 5) is 39.1. The zero-order chi connectivity index (χ0) is 32.9. The predicted molar refractivity (Wildman–Crippen MR) is 178 cm³/mol. The van der Waals surface area contributed by atoms with Crippen molar-refractivity contribution in [3.05, 3.63) is 109 Å². The summed E-state index contributed by atoms with van der Waals surface area (Å²) in [7, 11) is -3.05. The van der Waals surface area contributed by atoms with Crippen LogP contribution in [-0.4, -0.2) is 51.7 Å². The van der Waals surface area contributed by atoms with Crippen LogP contribution >= 0.6 is 0 Å². The molecule has 3 aromatic carbocycles. The standard InChI is InChI=1S/C36H45NO7Si/c1-7-23-41-31(26-43-45(36(4,5)6,29-19-13-9-14-20-29)30-21-15-10-16-22-30)33(34(39)44-32(38)24-27(2)3)37-35(40)42-25-28-17-11-8-12-18-28/h7-22,27,31,33H,1,23-26H2,2-6H3,(H,37,40)/t31?,33-/m0/s1. The Balaban J connectivity index is 1.99. The monoisotopic (exact) mass is 631 g/mol. The van der Waals surface area contributed by atoms with Crippen LogP contribution in [0.5, 0.6) is 0 Å². The van der Waals surface area contributed by atoms with Crippen molar-refractivity contribution in [3.63, 3.8) is 0 Å². The molecule has 0 spiro atoms. The lowest BCUT2D eigenvalue weighted by Crippen LogP contribution is -2.67. The molecule has 3 rings (SSSR count). The van der Waals surface area contributed by atoms with Crippen LogP contribution in [0.15, 0.2) is 104 Å². The molecule has 0 bridgehead atoms. The highest BCUT2D eigenvalue weighted by atomic mass is 28.4. The summed E-state index contributed by atoms with van der Waals surface area (Å²) >= 11 is 0. The third-order valence-corrected chi connectivity index (χ3v) is 12.2. The second kappa shape index (κ2) is 16.9. The maximum absolute atomic E-state index is 13.5. The molecule has 0 fully saturated rings. The molecule has 2 atom stereocenters. The van der Waals surface area contributed by atoms with Gasteiger partial charge in [0.05, 0.1) is 13.2 Å². The number of hydrogen-bond acceptors (Lipinski definition) is 7. The largest absolute Gasteiger partial charge is 0.445 e. The van der Waals surface area contributed by atoms with Crippen LogP contribution < -0.4 is 15.7 Å². The van der Waals surface area contributed by atoms with E-state index in [1.54, 1.807) is 0 Å². The van der Waals surface area contributed by atoms with Crippen LogP contribution in [0.2, 0.25) is 5.04 Å². The third-order valence-electron chi connectivity index (χ3n) is 7.21. The van der Waals surface area contributed by atoms with E-state index in [0.717, 1.165) is 15.9 Å². The minimum atomic E-state index is -3.05. The van der Waals surface area contributed by atoms with E-state index >= 15 is 0 Å². The highest BCUT2D eigenvalue weighted by molar-refractivity contribution is 6.99. The Morgan fingerprint density at radius 1 is 0.867 bits per heavy atom. The van der Waals surface area contributed by atoms with Crippen molar-refractivity contribution >= 4 is 36.7 Å². The van der Waals surface area contributed by atoms with E-state index in [1.165, 1.54) is 6.08 Å². The molecule has 1 unspecified atom stereocenters. The summed E-state index contributed by atoms with van der Waals surface area (Å²) < 4.78 is 23.7. The van der Waals surface area contributed by atoms with Gasteiger partial charge in [0.1, 0.15) is 12.7 Å². The van der Waals surface area contributed by atoms with E-state index in [0.29, 0.717) is 0 Å². The number of rotatable bonds is 15. The van der Waals surface area contributed by atoms with Crippen molar-refractivity contribution in [1.29, 1.82) is 0 Å². The number of nitrogens with one attached hydrogen (secondary N) is 1. The van der Waals surface area contributed by atoms with Gasteiger partial charge in [0.2, 0.25) is 0 Å². The molecule has 0 aliphatic carbocycles. The van der Waals surface area contributed by atoms with Gasteiger partial charge >= 0.3 is 18.0 Å². The van der Waals surface area contributed by atoms with Gasteiger partial charge in [-0.25, -0.2) is 9.59 Å². The molecule has 0 heterocycles. The SMILES string of the molecule is C=CCOC(CO[Si](c1ccccc1)(c1ccccc1)C(C)(C)C)[C@H](NC(=O)OCc1ccccc1)C(=O)OC(=O)CC(C)C. The first-order valence-electron chi connectivity index (χ1n) is 15.2. The minimum absolute atomic E-state index is 0.0164. The molecule has 0 saturated carbocycles. The molecule has 0 aliphatic heterocycles. The van der Waals surface area contributed by atoms with Gasteiger partial charge in [0.25, 0.3) is 8.32 Å². The predicted octanol–water partition coefficient (Wildman–Crippen LogP) is 5.55. The first-order valence-corrected chi connectivity index (χ1v) is 17.1. The Labute approximate surface area is 267 Å². The molecule has 240 valence electrons. The van der Waals surface area contributed by atoms with E-state index in [9.17, 15) is 14.4 Å². The lowest BCUT2D eigenvalue weighted by atomic mass is 10.1. The second-order valence-electron chi connectivity index (χ2n) is 12.2. The smallest absolute Gasteiger partial charge is 0.408 e. The number of amides is 1. The summed E-state index contributed by atoms with van der Waals surface area (Å²) in [6, 6.07) is 27.8. The normalized spacial score (nSPS) is 13.0. The molecule has 0 radical (unpaired) electrons. The lowest BCUT2D eigenvalue weighted by molar-refractivity contribution is -0.164. The Hall–Kier alpha value is -4.05. The average Bonchev–Trinajstić information content (AvgIpc) is 3.01. The average molecular weight is 632 g/mol. The first kappa shape index (κ1) is 35.4. The molecular formula is C36H45NO7Si. The molecule has 1 N–H and O–H groups in total. The molecule has 45 heavy (non-hydrogen) atoms. The highest BCUT2D eigenvalue weighted by Crippen LogP contribution is 2.37. The highest BCUT2D eigenvalue weighted by Gasteiger charge is 2.51. The Bertz CT molecular complexity index is 1340. The zero-order valence-electron chi connectivity index (χ0n) is 26.9. The van der Waals surface area contributed by atoms with Crippen molar-refractivity contribution in [2.24, 2.45) is 5.92 Å². The topological polar surface area (TPSA) is 100 Å². The number of ether oxygens (including phenoxy) is 3. The van der Waals surface area contributed by atoms with E-state index in [2.05, 4.69) is 56.9 Å². The summed E-state index contributed by atoms with van der Waals surface area (Å²) in [5.41, 5.74) is 0.772. The number of hydrogen-bond donors (Lipinski definition) is 1. The Morgan fingerprint density at radius 3 is 1.89 bits per heavy atom. The second-order valence-corrected chi connectivity index (χ2v) is 16.5. The molecule has 9 heteroatoms. The van der Waals surface area contributed by atoms with Crippen LogP contribution in [0.4, 0.5) is 4.79 Å². The van der Waals surface area contributed by atoms with Gasteiger partial charge in [-0.1, -0.05) is 132 Å². The number of benzene rings is 3. The van der Waals surface area contributed by atoms with E-state index < -0.39 is 38.5 Å². The molecule has 1 amide bonds. The quantitative estimate of drug-likeness (QED) is 0.102. The maximum atomic E-state index is 13.5. The van der Waals surface area contributed by atoms with Gasteiger partial charge in [-0.05, 0) is 26.9 Å². The van der Waals surface area contributed by atoms with Gasteiger partial charge in [-0.3, -0.25) is 4.79 Å². The van der Waals surface area contributed by atoms with Crippen molar-refractivity contribution in [2.75, 3.05) is 13.2 Å². The van der Waals surface area contributed by atoms with Crippen LogP contribution in [0.3, 0.4) is 0 Å². The summed E-state index contributed by atoms with van der Waals surface area (Å²) in [5, 5.41) is 4.31. The van der Waals surface area contributed by atoms with Gasteiger partial charge in [0, 0.05) is 6.42 Å². The maximum Gasteiger partial charge on any atom is 0.408 e. The summed E-state index contributed by atoms with van der Waals surface area (Å²) in [5.74, 6) is -1.69. The van der Waals surface area contributed by atoms with Crippen LogP contribution in [0.1, 0.15) is 46.6 Å². The fraction of sp³-hybridized carbons (Fsp3) is 0.361. The van der Waals surface area contributed by atoms with Gasteiger partial charge in [0.15, 0.2) is 6.04 Å². The van der Waals surface area contributed by atoms with Crippen molar-refractivity contribution in [2.45, 2.75) is 64.8 Å².